The van der Waals surface area contributed by atoms with Crippen LogP contribution in [0.5, 0.6) is 17.2 Å². The number of benzene rings is 3. The van der Waals surface area contributed by atoms with Crippen molar-refractivity contribution >= 4 is 15.8 Å². The zero-order chi connectivity index (χ0) is 27.7. The molecule has 1 heterocycles. The van der Waals surface area contributed by atoms with E-state index in [2.05, 4.69) is 0 Å². The Bertz CT molecular complexity index is 1520. The van der Waals surface area contributed by atoms with Crippen LogP contribution in [0.15, 0.2) is 48.5 Å². The molecule has 7 nitrogen and oxygen atoms in total. The fourth-order valence-corrected chi connectivity index (χ4v) is 6.13. The molecule has 0 saturated carbocycles. The number of hydrogen-bond acceptors (Lipinski definition) is 6. The van der Waals surface area contributed by atoms with E-state index in [1.54, 1.807) is 18.2 Å². The second-order valence-electron chi connectivity index (χ2n) is 10.2. The third-order valence-electron chi connectivity index (χ3n) is 7.34. The van der Waals surface area contributed by atoms with E-state index in [1.807, 2.05) is 31.2 Å². The van der Waals surface area contributed by atoms with Crippen molar-refractivity contribution < 1.29 is 36.9 Å². The SMILES string of the molecule is Cc1c(OCCCS(C)(=O)=O)cccc1-c1ccc(F)c2c1CC[C@H]2Oc1ccc2c(c1)OC[C@H]2CC(=O)O. The van der Waals surface area contributed by atoms with Gasteiger partial charge in [0.15, 0.2) is 0 Å². The van der Waals surface area contributed by atoms with Crippen LogP contribution in [-0.2, 0) is 21.1 Å². The summed E-state index contributed by atoms with van der Waals surface area (Å²) >= 11 is 0. The van der Waals surface area contributed by atoms with Crippen LogP contribution in [0, 0.1) is 12.7 Å². The monoisotopic (exact) mass is 554 g/mol. The van der Waals surface area contributed by atoms with Crippen LogP contribution in [0.2, 0.25) is 0 Å². The Hall–Kier alpha value is -3.59. The molecule has 3 aromatic carbocycles. The predicted molar refractivity (Wildman–Crippen MR) is 145 cm³/mol. The number of halogens is 1. The lowest BCUT2D eigenvalue weighted by molar-refractivity contribution is -0.137. The molecular weight excluding hydrogens is 523 g/mol. The summed E-state index contributed by atoms with van der Waals surface area (Å²) in [5.41, 5.74) is 5.04. The molecule has 0 spiro atoms. The maximum Gasteiger partial charge on any atom is 0.304 e. The van der Waals surface area contributed by atoms with Crippen molar-refractivity contribution in [3.8, 4) is 28.4 Å². The van der Waals surface area contributed by atoms with E-state index in [0.29, 0.717) is 48.7 Å². The second kappa shape index (κ2) is 10.9. The van der Waals surface area contributed by atoms with Gasteiger partial charge in [0.1, 0.15) is 39.0 Å². The molecule has 9 heteroatoms. The van der Waals surface area contributed by atoms with Gasteiger partial charge in [-0.2, -0.15) is 0 Å². The molecule has 0 bridgehead atoms. The van der Waals surface area contributed by atoms with Gasteiger partial charge in [0.25, 0.3) is 0 Å². The van der Waals surface area contributed by atoms with Gasteiger partial charge in [-0.15, -0.1) is 0 Å². The molecule has 2 aliphatic rings. The van der Waals surface area contributed by atoms with E-state index < -0.39 is 21.9 Å². The number of hydrogen-bond donors (Lipinski definition) is 1. The van der Waals surface area contributed by atoms with Crippen molar-refractivity contribution in [2.45, 2.75) is 44.6 Å². The Kier molecular flexibility index (Phi) is 7.53. The number of fused-ring (bicyclic) bond motifs is 2. The van der Waals surface area contributed by atoms with Gasteiger partial charge in [-0.3, -0.25) is 4.79 Å². The van der Waals surface area contributed by atoms with Crippen LogP contribution in [-0.4, -0.2) is 44.7 Å². The summed E-state index contributed by atoms with van der Waals surface area (Å²) in [5, 5.41) is 9.13. The van der Waals surface area contributed by atoms with Crippen LogP contribution >= 0.6 is 0 Å². The van der Waals surface area contributed by atoms with Crippen molar-refractivity contribution in [3.05, 3.63) is 76.6 Å². The van der Waals surface area contributed by atoms with Crippen LogP contribution in [0.1, 0.15) is 53.5 Å². The Balaban J connectivity index is 1.36. The van der Waals surface area contributed by atoms with Gasteiger partial charge >= 0.3 is 5.97 Å². The van der Waals surface area contributed by atoms with Gasteiger partial charge in [0.2, 0.25) is 0 Å². The zero-order valence-corrected chi connectivity index (χ0v) is 22.7. The lowest BCUT2D eigenvalue weighted by Gasteiger charge is -2.18. The van der Waals surface area contributed by atoms with Crippen LogP contribution in [0.3, 0.4) is 0 Å². The van der Waals surface area contributed by atoms with E-state index in [9.17, 15) is 13.2 Å². The minimum Gasteiger partial charge on any atom is -0.493 e. The highest BCUT2D eigenvalue weighted by atomic mass is 32.2. The second-order valence-corrected chi connectivity index (χ2v) is 12.5. The highest BCUT2D eigenvalue weighted by molar-refractivity contribution is 7.90. The Morgan fingerprint density at radius 3 is 2.74 bits per heavy atom. The molecule has 0 fully saturated rings. The molecule has 0 radical (unpaired) electrons. The molecule has 5 rings (SSSR count). The third kappa shape index (κ3) is 5.88. The molecule has 1 aliphatic carbocycles. The number of ether oxygens (including phenoxy) is 3. The van der Waals surface area contributed by atoms with Gasteiger partial charge in [-0.05, 0) is 66.6 Å². The summed E-state index contributed by atoms with van der Waals surface area (Å²) in [7, 11) is -3.04. The highest BCUT2D eigenvalue weighted by Crippen LogP contribution is 2.45. The highest BCUT2D eigenvalue weighted by Gasteiger charge is 2.32. The summed E-state index contributed by atoms with van der Waals surface area (Å²) in [6.07, 6.45) is 2.41. The summed E-state index contributed by atoms with van der Waals surface area (Å²) in [5.74, 6) is 0.512. The Morgan fingerprint density at radius 1 is 1.15 bits per heavy atom. The lowest BCUT2D eigenvalue weighted by atomic mass is 9.93. The van der Waals surface area contributed by atoms with E-state index in [0.717, 1.165) is 27.8 Å². The van der Waals surface area contributed by atoms with Gasteiger partial charge < -0.3 is 19.3 Å². The maximum atomic E-state index is 15.2. The first-order chi connectivity index (χ1) is 18.6. The third-order valence-corrected chi connectivity index (χ3v) is 8.37. The quantitative estimate of drug-likeness (QED) is 0.324. The largest absolute Gasteiger partial charge is 0.493 e. The topological polar surface area (TPSA) is 99.1 Å². The fraction of sp³-hybridized carbons (Fsp3) is 0.367. The van der Waals surface area contributed by atoms with Gasteiger partial charge in [-0.1, -0.05) is 24.3 Å². The maximum absolute atomic E-state index is 15.2. The van der Waals surface area contributed by atoms with E-state index >= 15 is 4.39 Å². The molecule has 39 heavy (non-hydrogen) atoms. The Morgan fingerprint density at radius 2 is 1.97 bits per heavy atom. The lowest BCUT2D eigenvalue weighted by Crippen LogP contribution is -2.08. The molecule has 0 unspecified atom stereocenters. The van der Waals surface area contributed by atoms with Crippen molar-refractivity contribution in [2.75, 3.05) is 25.2 Å². The normalized spacial score (nSPS) is 17.8. The van der Waals surface area contributed by atoms with Crippen molar-refractivity contribution in [1.29, 1.82) is 0 Å². The van der Waals surface area contributed by atoms with Gasteiger partial charge in [0.05, 0.1) is 25.4 Å². The van der Waals surface area contributed by atoms with E-state index in [1.165, 1.54) is 12.3 Å². The van der Waals surface area contributed by atoms with Crippen molar-refractivity contribution in [3.63, 3.8) is 0 Å². The molecule has 206 valence electrons. The van der Waals surface area contributed by atoms with Crippen LogP contribution < -0.4 is 14.2 Å². The standard InChI is InChI=1S/C30H31FO7S/c1-18-21(5-3-6-26(18)36-13-4-14-39(2,34)35)23-9-11-25(31)30-24(23)10-12-27(30)38-20-7-8-22-19(15-29(32)33)17-37-28(22)16-20/h3,5-9,11,16,19,27H,4,10,12-15,17H2,1-2H3,(H,32,33)/t19-,27-/m1/s1. The molecule has 1 N–H and O–H groups in total. The molecule has 1 aliphatic heterocycles. The number of sulfone groups is 1. The first kappa shape index (κ1) is 27.0. The number of carboxylic acids is 1. The molecule has 3 aromatic rings. The summed E-state index contributed by atoms with van der Waals surface area (Å²) in [4.78, 5) is 11.1. The van der Waals surface area contributed by atoms with Crippen LogP contribution in [0.4, 0.5) is 4.39 Å². The predicted octanol–water partition coefficient (Wildman–Crippen LogP) is 5.63. The fourth-order valence-electron chi connectivity index (χ4n) is 5.48. The number of carbonyl (C=O) groups is 1. The molecular formula is C30H31FO7S. The summed E-state index contributed by atoms with van der Waals surface area (Å²) in [6.45, 7) is 2.55. The summed E-state index contributed by atoms with van der Waals surface area (Å²) < 4.78 is 55.8. The molecule has 0 saturated heterocycles. The van der Waals surface area contributed by atoms with Gasteiger partial charge in [-0.25, -0.2) is 12.8 Å². The minimum absolute atomic E-state index is 0.00347. The number of rotatable bonds is 10. The molecule has 0 amide bonds. The first-order valence-electron chi connectivity index (χ1n) is 13.0. The smallest absolute Gasteiger partial charge is 0.304 e. The van der Waals surface area contributed by atoms with Gasteiger partial charge in [0, 0.05) is 29.4 Å². The number of aliphatic carboxylic acids is 1. The van der Waals surface area contributed by atoms with E-state index in [4.69, 9.17) is 19.3 Å². The van der Waals surface area contributed by atoms with Crippen molar-refractivity contribution in [2.24, 2.45) is 0 Å². The Labute approximate surface area is 227 Å². The van der Waals surface area contributed by atoms with Crippen molar-refractivity contribution in [1.82, 2.24) is 0 Å². The minimum atomic E-state index is -3.04. The zero-order valence-electron chi connectivity index (χ0n) is 21.9. The van der Waals surface area contributed by atoms with E-state index in [-0.39, 0.29) is 30.5 Å². The average molecular weight is 555 g/mol. The molecule has 2 atom stereocenters. The molecule has 0 aromatic heterocycles. The average Bonchev–Trinajstić information content (AvgIpc) is 3.47. The summed E-state index contributed by atoms with van der Waals surface area (Å²) in [6, 6.07) is 14.4. The number of carboxylic acid groups (broad SMARTS) is 1. The first-order valence-corrected chi connectivity index (χ1v) is 15.0. The van der Waals surface area contributed by atoms with Crippen LogP contribution in [0.25, 0.3) is 11.1 Å².